The standard InChI is InChI=1S/C18H15F3N2O2/c1-22-17(25)13-6-8-15(9-7-13)23-16(24)10-5-12-3-2-4-14(11-12)18(19,20)21/h2-11H,1H3,(H,22,25)(H,23,24)/b10-5+. The smallest absolute Gasteiger partial charge is 0.355 e. The maximum atomic E-state index is 12.6. The molecule has 4 nitrogen and oxygen atoms in total. The van der Waals surface area contributed by atoms with Crippen LogP contribution in [0.3, 0.4) is 0 Å². The maximum Gasteiger partial charge on any atom is 0.416 e. The molecule has 2 aromatic rings. The van der Waals surface area contributed by atoms with Gasteiger partial charge >= 0.3 is 6.18 Å². The van der Waals surface area contributed by atoms with E-state index in [2.05, 4.69) is 10.6 Å². The van der Waals surface area contributed by atoms with Crippen LogP contribution in [0, 0.1) is 0 Å². The molecule has 25 heavy (non-hydrogen) atoms. The lowest BCUT2D eigenvalue weighted by atomic mass is 10.1. The van der Waals surface area contributed by atoms with Gasteiger partial charge < -0.3 is 10.6 Å². The molecule has 0 saturated heterocycles. The van der Waals surface area contributed by atoms with Gasteiger partial charge in [0.1, 0.15) is 0 Å². The zero-order valence-electron chi connectivity index (χ0n) is 13.2. The monoisotopic (exact) mass is 348 g/mol. The summed E-state index contributed by atoms with van der Waals surface area (Å²) in [6.07, 6.45) is -2.00. The van der Waals surface area contributed by atoms with E-state index in [9.17, 15) is 22.8 Å². The second kappa shape index (κ2) is 7.65. The fraction of sp³-hybridized carbons (Fsp3) is 0.111. The lowest BCUT2D eigenvalue weighted by molar-refractivity contribution is -0.137. The van der Waals surface area contributed by atoms with Crippen LogP contribution in [0.2, 0.25) is 0 Å². The molecule has 0 heterocycles. The van der Waals surface area contributed by atoms with Crippen LogP contribution < -0.4 is 10.6 Å². The first kappa shape index (κ1) is 18.3. The summed E-state index contributed by atoms with van der Waals surface area (Å²) >= 11 is 0. The largest absolute Gasteiger partial charge is 0.416 e. The Bertz CT molecular complexity index is 797. The van der Waals surface area contributed by atoms with Crippen LogP contribution in [0.25, 0.3) is 6.08 Å². The van der Waals surface area contributed by atoms with Gasteiger partial charge in [0.2, 0.25) is 5.91 Å². The number of benzene rings is 2. The summed E-state index contributed by atoms with van der Waals surface area (Å²) in [6, 6.07) is 10.9. The summed E-state index contributed by atoms with van der Waals surface area (Å²) < 4.78 is 37.9. The van der Waals surface area contributed by atoms with Crippen LogP contribution in [-0.2, 0) is 11.0 Å². The molecule has 2 N–H and O–H groups in total. The van der Waals surface area contributed by atoms with Crippen LogP contribution in [0.5, 0.6) is 0 Å². The number of carbonyl (C=O) groups is 2. The van der Waals surface area contributed by atoms with Gasteiger partial charge in [-0.1, -0.05) is 12.1 Å². The minimum Gasteiger partial charge on any atom is -0.355 e. The van der Waals surface area contributed by atoms with E-state index in [1.54, 1.807) is 24.3 Å². The molecule has 0 spiro atoms. The average molecular weight is 348 g/mol. The van der Waals surface area contributed by atoms with Crippen LogP contribution in [0.15, 0.2) is 54.6 Å². The van der Waals surface area contributed by atoms with Gasteiger partial charge in [-0.25, -0.2) is 0 Å². The first-order chi connectivity index (χ1) is 11.8. The minimum atomic E-state index is -4.43. The van der Waals surface area contributed by atoms with Crippen molar-refractivity contribution < 1.29 is 22.8 Å². The molecule has 7 heteroatoms. The number of alkyl halides is 3. The Labute approximate surface area is 142 Å². The summed E-state index contributed by atoms with van der Waals surface area (Å²) in [5, 5.41) is 5.04. The molecule has 0 aliphatic heterocycles. The quantitative estimate of drug-likeness (QED) is 0.828. The molecule has 0 unspecified atom stereocenters. The summed E-state index contributed by atoms with van der Waals surface area (Å²) in [4.78, 5) is 23.3. The van der Waals surface area contributed by atoms with Crippen molar-refractivity contribution >= 4 is 23.6 Å². The maximum absolute atomic E-state index is 12.6. The highest BCUT2D eigenvalue weighted by Gasteiger charge is 2.30. The van der Waals surface area contributed by atoms with Crippen molar-refractivity contribution in [3.05, 3.63) is 71.3 Å². The predicted molar refractivity (Wildman–Crippen MR) is 88.9 cm³/mol. The van der Waals surface area contributed by atoms with Crippen LogP contribution in [0.1, 0.15) is 21.5 Å². The fourth-order valence-electron chi connectivity index (χ4n) is 2.02. The molecule has 0 aromatic heterocycles. The molecule has 0 aliphatic rings. The second-order valence-electron chi connectivity index (χ2n) is 5.10. The lowest BCUT2D eigenvalue weighted by Crippen LogP contribution is -2.17. The number of halogens is 3. The van der Waals surface area contributed by atoms with E-state index < -0.39 is 17.6 Å². The van der Waals surface area contributed by atoms with Gasteiger partial charge in [-0.2, -0.15) is 13.2 Å². The second-order valence-corrected chi connectivity index (χ2v) is 5.10. The molecule has 2 amide bonds. The molecule has 0 fully saturated rings. The van der Waals surface area contributed by atoms with Crippen molar-refractivity contribution in [1.29, 1.82) is 0 Å². The molecule has 2 rings (SSSR count). The van der Waals surface area contributed by atoms with E-state index in [1.165, 1.54) is 25.3 Å². The third kappa shape index (κ3) is 5.20. The van der Waals surface area contributed by atoms with Crippen LogP contribution in [-0.4, -0.2) is 18.9 Å². The molecular formula is C18H15F3N2O2. The Morgan fingerprint density at radius 3 is 2.32 bits per heavy atom. The summed E-state index contributed by atoms with van der Waals surface area (Å²) in [7, 11) is 1.51. The minimum absolute atomic E-state index is 0.248. The van der Waals surface area contributed by atoms with Gasteiger partial charge in [-0.15, -0.1) is 0 Å². The highest BCUT2D eigenvalue weighted by Crippen LogP contribution is 2.29. The Morgan fingerprint density at radius 2 is 1.72 bits per heavy atom. The Morgan fingerprint density at radius 1 is 1.04 bits per heavy atom. The normalized spacial score (nSPS) is 11.4. The third-order valence-electron chi connectivity index (χ3n) is 3.28. The predicted octanol–water partition coefficient (Wildman–Crippen LogP) is 3.72. The summed E-state index contributed by atoms with van der Waals surface area (Å²) in [5.74, 6) is -0.743. The molecule has 0 radical (unpaired) electrons. The first-order valence-corrected chi connectivity index (χ1v) is 7.28. The van der Waals surface area contributed by atoms with E-state index in [4.69, 9.17) is 0 Å². The Kier molecular flexibility index (Phi) is 5.59. The number of amides is 2. The number of anilines is 1. The van der Waals surface area contributed by atoms with Gasteiger partial charge in [-0.05, 0) is 48.0 Å². The van der Waals surface area contributed by atoms with Crippen molar-refractivity contribution in [3.8, 4) is 0 Å². The van der Waals surface area contributed by atoms with Crippen molar-refractivity contribution in [3.63, 3.8) is 0 Å². The molecule has 0 aliphatic carbocycles. The molecule has 0 saturated carbocycles. The molecular weight excluding hydrogens is 333 g/mol. The topological polar surface area (TPSA) is 58.2 Å². The van der Waals surface area contributed by atoms with Crippen molar-refractivity contribution in [1.82, 2.24) is 5.32 Å². The van der Waals surface area contributed by atoms with E-state index in [1.807, 2.05) is 0 Å². The SMILES string of the molecule is CNC(=O)c1ccc(NC(=O)/C=C/c2cccc(C(F)(F)F)c2)cc1. The Hall–Kier alpha value is -3.09. The number of carbonyl (C=O) groups excluding carboxylic acids is 2. The Balaban J connectivity index is 2.02. The van der Waals surface area contributed by atoms with E-state index in [0.29, 0.717) is 11.3 Å². The molecule has 0 bridgehead atoms. The van der Waals surface area contributed by atoms with Gasteiger partial charge in [0.15, 0.2) is 0 Å². The fourth-order valence-corrected chi connectivity index (χ4v) is 2.02. The van der Waals surface area contributed by atoms with Crippen molar-refractivity contribution in [2.24, 2.45) is 0 Å². The van der Waals surface area contributed by atoms with Gasteiger partial charge in [0.25, 0.3) is 5.91 Å². The number of hydrogen-bond acceptors (Lipinski definition) is 2. The average Bonchev–Trinajstić information content (AvgIpc) is 2.59. The number of rotatable bonds is 4. The zero-order valence-corrected chi connectivity index (χ0v) is 13.2. The molecule has 2 aromatic carbocycles. The van der Waals surface area contributed by atoms with E-state index >= 15 is 0 Å². The highest BCUT2D eigenvalue weighted by atomic mass is 19.4. The van der Waals surface area contributed by atoms with Gasteiger partial charge in [0, 0.05) is 24.4 Å². The highest BCUT2D eigenvalue weighted by molar-refractivity contribution is 6.02. The van der Waals surface area contributed by atoms with E-state index in [-0.39, 0.29) is 11.5 Å². The van der Waals surface area contributed by atoms with Crippen molar-refractivity contribution in [2.75, 3.05) is 12.4 Å². The third-order valence-corrected chi connectivity index (χ3v) is 3.28. The first-order valence-electron chi connectivity index (χ1n) is 7.28. The summed E-state index contributed by atoms with van der Waals surface area (Å²) in [6.45, 7) is 0. The van der Waals surface area contributed by atoms with E-state index in [0.717, 1.165) is 18.2 Å². The summed E-state index contributed by atoms with van der Waals surface area (Å²) in [5.41, 5.74) is 0.395. The van der Waals surface area contributed by atoms with Gasteiger partial charge in [-0.3, -0.25) is 9.59 Å². The van der Waals surface area contributed by atoms with Crippen molar-refractivity contribution in [2.45, 2.75) is 6.18 Å². The molecule has 130 valence electrons. The van der Waals surface area contributed by atoms with Gasteiger partial charge in [0.05, 0.1) is 5.56 Å². The number of hydrogen-bond donors (Lipinski definition) is 2. The number of nitrogens with one attached hydrogen (secondary N) is 2. The molecule has 0 atom stereocenters. The van der Waals surface area contributed by atoms with Crippen LogP contribution in [0.4, 0.5) is 18.9 Å². The van der Waals surface area contributed by atoms with Crippen LogP contribution >= 0.6 is 0 Å². The lowest BCUT2D eigenvalue weighted by Gasteiger charge is -2.06. The zero-order chi connectivity index (χ0) is 18.4.